The smallest absolute Gasteiger partial charge is 0.334 e. The van der Waals surface area contributed by atoms with Crippen molar-refractivity contribution in [2.75, 3.05) is 6.54 Å². The van der Waals surface area contributed by atoms with E-state index < -0.39 is 11.6 Å². The Labute approximate surface area is 165 Å². The molecule has 1 aliphatic carbocycles. The quantitative estimate of drug-likeness (QED) is 0.753. The molecule has 5 nitrogen and oxygen atoms in total. The maximum absolute atomic E-state index is 13.4. The number of benzene rings is 1. The molecule has 1 aromatic heterocycles. The highest BCUT2D eigenvalue weighted by Gasteiger charge is 2.41. The van der Waals surface area contributed by atoms with Gasteiger partial charge in [-0.3, -0.25) is 9.78 Å². The van der Waals surface area contributed by atoms with Gasteiger partial charge in [0.05, 0.1) is 0 Å². The number of fused-ring (bicyclic) bond motifs is 2. The minimum Gasteiger partial charge on any atom is -0.458 e. The van der Waals surface area contributed by atoms with Crippen LogP contribution in [0.15, 0.2) is 42.6 Å². The lowest BCUT2D eigenvalue weighted by molar-refractivity contribution is -0.166. The Bertz CT molecular complexity index is 891. The second-order valence-corrected chi connectivity index (χ2v) is 8.63. The zero-order valence-electron chi connectivity index (χ0n) is 16.6. The van der Waals surface area contributed by atoms with Crippen LogP contribution in [0.25, 0.3) is 0 Å². The summed E-state index contributed by atoms with van der Waals surface area (Å²) in [5.41, 5.74) is 3.51. The predicted octanol–water partition coefficient (Wildman–Crippen LogP) is 3.26. The third kappa shape index (κ3) is 3.53. The highest BCUT2D eigenvalue weighted by Crippen LogP contribution is 2.35. The second kappa shape index (κ2) is 7.04. The van der Waals surface area contributed by atoms with Gasteiger partial charge in [0, 0.05) is 30.8 Å². The van der Waals surface area contributed by atoms with Gasteiger partial charge in [-0.15, -0.1) is 0 Å². The number of hydrogen-bond acceptors (Lipinski definition) is 4. The number of rotatable bonds is 2. The molecule has 0 fully saturated rings. The van der Waals surface area contributed by atoms with Crippen LogP contribution in [0.2, 0.25) is 0 Å². The first kappa shape index (κ1) is 18.7. The molecule has 2 heterocycles. The Morgan fingerprint density at radius 2 is 1.82 bits per heavy atom. The van der Waals surface area contributed by atoms with Gasteiger partial charge in [-0.25, -0.2) is 4.79 Å². The van der Waals surface area contributed by atoms with Gasteiger partial charge in [0.1, 0.15) is 5.60 Å². The largest absolute Gasteiger partial charge is 0.458 e. The zero-order chi connectivity index (χ0) is 19.9. The van der Waals surface area contributed by atoms with Gasteiger partial charge in [0.15, 0.2) is 6.04 Å². The Hall–Kier alpha value is -2.69. The molecule has 4 rings (SSSR count). The minimum atomic E-state index is -0.687. The van der Waals surface area contributed by atoms with Crippen LogP contribution in [-0.4, -0.2) is 33.9 Å². The number of hydrogen-bond donors (Lipinski definition) is 0. The molecule has 28 heavy (non-hydrogen) atoms. The molecule has 1 amide bonds. The van der Waals surface area contributed by atoms with Crippen molar-refractivity contribution in [1.82, 2.24) is 9.88 Å². The van der Waals surface area contributed by atoms with Crippen molar-refractivity contribution in [3.63, 3.8) is 0 Å². The summed E-state index contributed by atoms with van der Waals surface area (Å²) in [4.78, 5) is 32.7. The van der Waals surface area contributed by atoms with Crippen molar-refractivity contribution in [2.45, 2.75) is 51.7 Å². The normalized spacial score (nSPS) is 21.0. The van der Waals surface area contributed by atoms with Gasteiger partial charge in [-0.2, -0.15) is 0 Å². The SMILES string of the molecule is CC(C)(C)OC(=O)C1c2ccccc2CCN1C(=O)C1Cc2cccnc2C1. The summed E-state index contributed by atoms with van der Waals surface area (Å²) in [6.45, 7) is 6.08. The Kier molecular flexibility index (Phi) is 4.69. The average Bonchev–Trinajstić information content (AvgIpc) is 3.09. The van der Waals surface area contributed by atoms with E-state index in [1.807, 2.05) is 57.2 Å². The van der Waals surface area contributed by atoms with Crippen molar-refractivity contribution >= 4 is 11.9 Å². The zero-order valence-corrected chi connectivity index (χ0v) is 16.6. The molecule has 0 N–H and O–H groups in total. The average molecular weight is 378 g/mol. The molecular formula is C23H26N2O3. The van der Waals surface area contributed by atoms with E-state index in [4.69, 9.17) is 4.74 Å². The third-order valence-electron chi connectivity index (χ3n) is 5.44. The Morgan fingerprint density at radius 1 is 1.07 bits per heavy atom. The number of pyridine rings is 1. The van der Waals surface area contributed by atoms with Crippen LogP contribution >= 0.6 is 0 Å². The van der Waals surface area contributed by atoms with E-state index in [0.29, 0.717) is 19.4 Å². The molecule has 2 unspecified atom stereocenters. The monoisotopic (exact) mass is 378 g/mol. The molecule has 0 saturated heterocycles. The first-order chi connectivity index (χ1) is 13.3. The standard InChI is InChI=1S/C23H26N2O3/c1-23(2,3)28-22(27)20-18-9-5-4-7-15(18)10-12-25(20)21(26)17-13-16-8-6-11-24-19(16)14-17/h4-9,11,17,20H,10,12-14H2,1-3H3. The summed E-state index contributed by atoms with van der Waals surface area (Å²) in [5.74, 6) is -0.509. The van der Waals surface area contributed by atoms with Gasteiger partial charge in [0.25, 0.3) is 0 Å². The molecule has 1 aromatic carbocycles. The van der Waals surface area contributed by atoms with E-state index in [1.165, 1.54) is 0 Å². The Balaban J connectivity index is 1.63. The van der Waals surface area contributed by atoms with Crippen LogP contribution in [0.3, 0.4) is 0 Å². The molecule has 0 bridgehead atoms. The summed E-state index contributed by atoms with van der Waals surface area (Å²) in [7, 11) is 0. The van der Waals surface area contributed by atoms with E-state index in [9.17, 15) is 9.59 Å². The van der Waals surface area contributed by atoms with Gasteiger partial charge in [-0.05, 0) is 56.4 Å². The summed E-state index contributed by atoms with van der Waals surface area (Å²) >= 11 is 0. The molecule has 2 aliphatic rings. The van der Waals surface area contributed by atoms with E-state index in [0.717, 1.165) is 28.8 Å². The van der Waals surface area contributed by atoms with Crippen LogP contribution in [0.4, 0.5) is 0 Å². The lowest BCUT2D eigenvalue weighted by Gasteiger charge is -2.38. The van der Waals surface area contributed by atoms with Crippen LogP contribution in [-0.2, 0) is 33.6 Å². The summed E-state index contributed by atoms with van der Waals surface area (Å²) in [6.07, 6.45) is 3.83. The van der Waals surface area contributed by atoms with Crippen molar-refractivity contribution in [2.24, 2.45) is 5.92 Å². The number of amides is 1. The molecule has 2 aromatic rings. The van der Waals surface area contributed by atoms with Gasteiger partial charge >= 0.3 is 5.97 Å². The molecular weight excluding hydrogens is 352 g/mol. The fraction of sp³-hybridized carbons (Fsp3) is 0.435. The topological polar surface area (TPSA) is 59.5 Å². The van der Waals surface area contributed by atoms with E-state index in [-0.39, 0.29) is 17.8 Å². The van der Waals surface area contributed by atoms with Gasteiger partial charge in [0.2, 0.25) is 5.91 Å². The van der Waals surface area contributed by atoms with Crippen molar-refractivity contribution in [3.8, 4) is 0 Å². The molecule has 0 saturated carbocycles. The number of ether oxygens (including phenoxy) is 1. The molecule has 1 aliphatic heterocycles. The van der Waals surface area contributed by atoms with E-state index in [1.54, 1.807) is 11.1 Å². The number of esters is 1. The first-order valence-electron chi connectivity index (χ1n) is 9.87. The summed E-state index contributed by atoms with van der Waals surface area (Å²) < 4.78 is 5.69. The molecule has 0 radical (unpaired) electrons. The number of nitrogens with zero attached hydrogens (tertiary/aromatic N) is 2. The predicted molar refractivity (Wildman–Crippen MR) is 106 cm³/mol. The van der Waals surface area contributed by atoms with Crippen LogP contribution in [0.1, 0.15) is 49.2 Å². The third-order valence-corrected chi connectivity index (χ3v) is 5.44. The maximum Gasteiger partial charge on any atom is 0.334 e. The summed E-state index contributed by atoms with van der Waals surface area (Å²) in [6, 6.07) is 11.1. The van der Waals surface area contributed by atoms with Crippen LogP contribution in [0.5, 0.6) is 0 Å². The second-order valence-electron chi connectivity index (χ2n) is 8.63. The van der Waals surface area contributed by atoms with Crippen LogP contribution in [0, 0.1) is 5.92 Å². The van der Waals surface area contributed by atoms with Crippen molar-refractivity contribution in [1.29, 1.82) is 0 Å². The Morgan fingerprint density at radius 3 is 2.57 bits per heavy atom. The fourth-order valence-corrected chi connectivity index (χ4v) is 4.24. The maximum atomic E-state index is 13.4. The number of carbonyl (C=O) groups is 2. The van der Waals surface area contributed by atoms with Crippen molar-refractivity contribution < 1.29 is 14.3 Å². The molecule has 5 heteroatoms. The first-order valence-corrected chi connectivity index (χ1v) is 9.87. The number of carbonyl (C=O) groups excluding carboxylic acids is 2. The molecule has 146 valence electrons. The van der Waals surface area contributed by atoms with E-state index in [2.05, 4.69) is 4.98 Å². The van der Waals surface area contributed by atoms with Gasteiger partial charge in [-0.1, -0.05) is 30.3 Å². The molecule has 0 spiro atoms. The van der Waals surface area contributed by atoms with E-state index >= 15 is 0 Å². The minimum absolute atomic E-state index is 0.0170. The highest BCUT2D eigenvalue weighted by atomic mass is 16.6. The fourth-order valence-electron chi connectivity index (χ4n) is 4.24. The summed E-state index contributed by atoms with van der Waals surface area (Å²) in [5, 5.41) is 0. The number of aromatic nitrogens is 1. The molecule has 2 atom stereocenters. The lowest BCUT2D eigenvalue weighted by Crippen LogP contribution is -2.47. The highest BCUT2D eigenvalue weighted by molar-refractivity contribution is 5.88. The lowest BCUT2D eigenvalue weighted by atomic mass is 9.90. The van der Waals surface area contributed by atoms with Crippen molar-refractivity contribution in [3.05, 3.63) is 65.0 Å². The van der Waals surface area contributed by atoms with Gasteiger partial charge < -0.3 is 9.64 Å². The van der Waals surface area contributed by atoms with Crippen LogP contribution < -0.4 is 0 Å².